The van der Waals surface area contributed by atoms with Crippen LogP contribution in [0.25, 0.3) is 0 Å². The predicted octanol–water partition coefficient (Wildman–Crippen LogP) is 3.53. The van der Waals surface area contributed by atoms with Gasteiger partial charge in [-0.25, -0.2) is 0 Å². The zero-order chi connectivity index (χ0) is 14.8. The fourth-order valence-corrected chi connectivity index (χ4v) is 3.08. The predicted molar refractivity (Wildman–Crippen MR) is 79.7 cm³/mol. The number of rotatable bonds is 4. The molecule has 0 radical (unpaired) electrons. The van der Waals surface area contributed by atoms with Crippen molar-refractivity contribution >= 4 is 26.0 Å². The standard InChI is InChI=1S/C14H13BrO4S/c1-10-9-11(15)3-8-14(10)19-20(16,17)13-6-4-12(18-2)5-7-13/h3-9H,1-2H3. The van der Waals surface area contributed by atoms with Gasteiger partial charge in [-0.1, -0.05) is 15.9 Å². The summed E-state index contributed by atoms with van der Waals surface area (Å²) in [4.78, 5) is 0.0839. The molecular weight excluding hydrogens is 344 g/mol. The summed E-state index contributed by atoms with van der Waals surface area (Å²) in [5.41, 5.74) is 0.733. The topological polar surface area (TPSA) is 52.6 Å². The van der Waals surface area contributed by atoms with Crippen molar-refractivity contribution in [2.24, 2.45) is 0 Å². The molecule has 0 aliphatic heterocycles. The largest absolute Gasteiger partial charge is 0.497 e. The first-order valence-corrected chi connectivity index (χ1v) is 7.97. The SMILES string of the molecule is COc1ccc(S(=O)(=O)Oc2ccc(Br)cc2C)cc1. The van der Waals surface area contributed by atoms with E-state index < -0.39 is 10.1 Å². The molecule has 0 aliphatic carbocycles. The van der Waals surface area contributed by atoms with Crippen LogP contribution in [0.3, 0.4) is 0 Å². The zero-order valence-corrected chi connectivity index (χ0v) is 13.4. The highest BCUT2D eigenvalue weighted by Gasteiger charge is 2.17. The fourth-order valence-electron chi connectivity index (χ4n) is 1.62. The summed E-state index contributed by atoms with van der Waals surface area (Å²) in [6, 6.07) is 11.2. The van der Waals surface area contributed by atoms with E-state index in [4.69, 9.17) is 8.92 Å². The summed E-state index contributed by atoms with van der Waals surface area (Å²) in [5, 5.41) is 0. The number of hydrogen-bond donors (Lipinski definition) is 0. The summed E-state index contributed by atoms with van der Waals surface area (Å²) in [6.07, 6.45) is 0. The van der Waals surface area contributed by atoms with Crippen LogP contribution in [0.5, 0.6) is 11.5 Å². The first-order valence-electron chi connectivity index (χ1n) is 5.77. The molecule has 0 fully saturated rings. The van der Waals surface area contributed by atoms with Crippen LogP contribution in [0.1, 0.15) is 5.56 Å². The molecule has 2 aromatic rings. The molecule has 0 N–H and O–H groups in total. The van der Waals surface area contributed by atoms with E-state index in [1.165, 1.54) is 19.2 Å². The molecule has 0 saturated carbocycles. The van der Waals surface area contributed by atoms with Crippen molar-refractivity contribution in [2.45, 2.75) is 11.8 Å². The molecule has 0 saturated heterocycles. The van der Waals surface area contributed by atoms with Gasteiger partial charge in [-0.05, 0) is 55.0 Å². The van der Waals surface area contributed by atoms with Gasteiger partial charge in [-0.3, -0.25) is 0 Å². The minimum atomic E-state index is -3.84. The van der Waals surface area contributed by atoms with Gasteiger partial charge in [0, 0.05) is 4.47 Å². The third-order valence-corrected chi connectivity index (χ3v) is 4.43. The number of benzene rings is 2. The Morgan fingerprint density at radius 3 is 2.25 bits per heavy atom. The van der Waals surface area contributed by atoms with Crippen molar-refractivity contribution in [3.05, 3.63) is 52.5 Å². The molecule has 106 valence electrons. The maximum Gasteiger partial charge on any atom is 0.339 e. The van der Waals surface area contributed by atoms with Gasteiger partial charge in [0.25, 0.3) is 0 Å². The van der Waals surface area contributed by atoms with Crippen LogP contribution in [0.2, 0.25) is 0 Å². The lowest BCUT2D eigenvalue weighted by Crippen LogP contribution is -2.10. The van der Waals surface area contributed by atoms with Crippen LogP contribution in [-0.4, -0.2) is 15.5 Å². The van der Waals surface area contributed by atoms with Gasteiger partial charge in [-0.2, -0.15) is 8.42 Å². The molecule has 0 atom stereocenters. The third kappa shape index (κ3) is 3.32. The molecule has 0 bridgehead atoms. The highest BCUT2D eigenvalue weighted by atomic mass is 79.9. The van der Waals surface area contributed by atoms with Gasteiger partial charge in [0.2, 0.25) is 0 Å². The van der Waals surface area contributed by atoms with Gasteiger partial charge < -0.3 is 8.92 Å². The van der Waals surface area contributed by atoms with E-state index in [-0.39, 0.29) is 4.90 Å². The molecule has 0 unspecified atom stereocenters. The molecule has 2 rings (SSSR count). The summed E-state index contributed by atoms with van der Waals surface area (Å²) < 4.78 is 35.3. The average molecular weight is 357 g/mol. The quantitative estimate of drug-likeness (QED) is 0.786. The van der Waals surface area contributed by atoms with Gasteiger partial charge in [0.1, 0.15) is 16.4 Å². The summed E-state index contributed by atoms with van der Waals surface area (Å²) in [5.74, 6) is 0.896. The molecule has 0 amide bonds. The fraction of sp³-hybridized carbons (Fsp3) is 0.143. The second-order valence-electron chi connectivity index (χ2n) is 4.12. The van der Waals surface area contributed by atoms with Crippen LogP contribution in [0, 0.1) is 6.92 Å². The van der Waals surface area contributed by atoms with Crippen LogP contribution < -0.4 is 8.92 Å². The lowest BCUT2D eigenvalue weighted by Gasteiger charge is -2.10. The van der Waals surface area contributed by atoms with Crippen LogP contribution in [0.4, 0.5) is 0 Å². The summed E-state index contributed by atoms with van der Waals surface area (Å²) >= 11 is 3.32. The molecule has 0 spiro atoms. The van der Waals surface area contributed by atoms with Crippen molar-refractivity contribution in [2.75, 3.05) is 7.11 Å². The Morgan fingerprint density at radius 2 is 1.70 bits per heavy atom. The highest BCUT2D eigenvalue weighted by Crippen LogP contribution is 2.26. The van der Waals surface area contributed by atoms with Crippen molar-refractivity contribution in [1.29, 1.82) is 0 Å². The van der Waals surface area contributed by atoms with Crippen molar-refractivity contribution in [1.82, 2.24) is 0 Å². The highest BCUT2D eigenvalue weighted by molar-refractivity contribution is 9.10. The number of methoxy groups -OCH3 is 1. The number of hydrogen-bond acceptors (Lipinski definition) is 4. The first kappa shape index (κ1) is 14.9. The number of ether oxygens (including phenoxy) is 1. The normalized spacial score (nSPS) is 11.2. The number of halogens is 1. The van der Waals surface area contributed by atoms with Crippen LogP contribution in [-0.2, 0) is 10.1 Å². The Kier molecular flexibility index (Phi) is 4.35. The van der Waals surface area contributed by atoms with E-state index in [0.29, 0.717) is 11.5 Å². The van der Waals surface area contributed by atoms with Crippen LogP contribution >= 0.6 is 15.9 Å². The van der Waals surface area contributed by atoms with Gasteiger partial charge in [-0.15, -0.1) is 0 Å². The molecule has 20 heavy (non-hydrogen) atoms. The molecular formula is C14H13BrO4S. The third-order valence-electron chi connectivity index (χ3n) is 2.68. The van der Waals surface area contributed by atoms with E-state index in [9.17, 15) is 8.42 Å². The monoisotopic (exact) mass is 356 g/mol. The lowest BCUT2D eigenvalue weighted by molar-refractivity contribution is 0.414. The second-order valence-corrected chi connectivity index (χ2v) is 6.58. The Balaban J connectivity index is 2.30. The van der Waals surface area contributed by atoms with E-state index in [2.05, 4.69) is 15.9 Å². The minimum Gasteiger partial charge on any atom is -0.497 e. The smallest absolute Gasteiger partial charge is 0.339 e. The summed E-state index contributed by atoms with van der Waals surface area (Å²) in [7, 11) is -2.33. The average Bonchev–Trinajstić information content (AvgIpc) is 2.42. The van der Waals surface area contributed by atoms with Gasteiger partial charge >= 0.3 is 10.1 Å². The first-order chi connectivity index (χ1) is 9.42. The molecule has 0 aliphatic rings. The maximum absolute atomic E-state index is 12.2. The maximum atomic E-state index is 12.2. The molecule has 2 aromatic carbocycles. The molecule has 4 nitrogen and oxygen atoms in total. The molecule has 6 heteroatoms. The second kappa shape index (κ2) is 5.85. The summed E-state index contributed by atoms with van der Waals surface area (Å²) in [6.45, 7) is 1.78. The Hall–Kier alpha value is -1.53. The van der Waals surface area contributed by atoms with Gasteiger partial charge in [0.05, 0.1) is 7.11 Å². The minimum absolute atomic E-state index is 0.0839. The van der Waals surface area contributed by atoms with Crippen molar-refractivity contribution in [3.8, 4) is 11.5 Å². The van der Waals surface area contributed by atoms with E-state index in [1.807, 2.05) is 0 Å². The van der Waals surface area contributed by atoms with E-state index in [0.717, 1.165) is 10.0 Å². The number of aryl methyl sites for hydroxylation is 1. The Morgan fingerprint density at radius 1 is 1.05 bits per heavy atom. The lowest BCUT2D eigenvalue weighted by atomic mass is 10.2. The van der Waals surface area contributed by atoms with E-state index in [1.54, 1.807) is 37.3 Å². The molecule has 0 aromatic heterocycles. The Labute approximate surface area is 126 Å². The molecule has 0 heterocycles. The van der Waals surface area contributed by atoms with Crippen molar-refractivity contribution in [3.63, 3.8) is 0 Å². The zero-order valence-electron chi connectivity index (χ0n) is 11.0. The van der Waals surface area contributed by atoms with Gasteiger partial charge in [0.15, 0.2) is 0 Å². The van der Waals surface area contributed by atoms with Crippen LogP contribution in [0.15, 0.2) is 51.8 Å². The van der Waals surface area contributed by atoms with E-state index >= 15 is 0 Å². The Bertz CT molecular complexity index is 708. The van der Waals surface area contributed by atoms with Crippen molar-refractivity contribution < 1.29 is 17.3 Å².